The Morgan fingerprint density at radius 3 is 2.39 bits per heavy atom. The largest absolute Gasteiger partial charge is 0.446 e. The van der Waals surface area contributed by atoms with Crippen molar-refractivity contribution in [1.82, 2.24) is 20.6 Å². The molecule has 3 heterocycles. The van der Waals surface area contributed by atoms with Crippen LogP contribution in [0.25, 0.3) is 22.2 Å². The molecule has 1 saturated carbocycles. The minimum absolute atomic E-state index is 0.0281. The number of alkyl carbamates (subject to hydrolysis) is 1. The van der Waals surface area contributed by atoms with Crippen molar-refractivity contribution in [2.24, 2.45) is 11.8 Å². The van der Waals surface area contributed by atoms with Gasteiger partial charge in [0.25, 0.3) is 5.91 Å². The number of para-hydroxylation sites is 1. The molecule has 218 valence electrons. The monoisotopic (exact) mass is 561 g/mol. The van der Waals surface area contributed by atoms with E-state index >= 15 is 0 Å². The Hall–Kier alpha value is -3.76. The second-order valence-corrected chi connectivity index (χ2v) is 10.8. The highest BCUT2D eigenvalue weighted by Gasteiger charge is 2.24. The van der Waals surface area contributed by atoms with Gasteiger partial charge in [-0.25, -0.2) is 14.8 Å². The van der Waals surface area contributed by atoms with E-state index < -0.39 is 0 Å². The highest BCUT2D eigenvalue weighted by Crippen LogP contribution is 2.29. The number of aliphatic hydroxyl groups excluding tert-OH is 1. The highest BCUT2D eigenvalue weighted by atomic mass is 16.6. The first kappa shape index (κ1) is 28.8. The molecule has 5 rings (SSSR count). The lowest BCUT2D eigenvalue weighted by atomic mass is 9.82. The van der Waals surface area contributed by atoms with Gasteiger partial charge in [-0.1, -0.05) is 18.2 Å². The summed E-state index contributed by atoms with van der Waals surface area (Å²) >= 11 is 0. The van der Waals surface area contributed by atoms with Gasteiger partial charge in [-0.15, -0.1) is 0 Å². The van der Waals surface area contributed by atoms with E-state index in [0.29, 0.717) is 61.8 Å². The Morgan fingerprint density at radius 1 is 0.951 bits per heavy atom. The van der Waals surface area contributed by atoms with Gasteiger partial charge in [0.1, 0.15) is 11.9 Å². The lowest BCUT2D eigenvalue weighted by Gasteiger charge is -2.29. The van der Waals surface area contributed by atoms with Gasteiger partial charge in [0.15, 0.2) is 0 Å². The smallest absolute Gasteiger partial charge is 0.407 e. The van der Waals surface area contributed by atoms with Crippen molar-refractivity contribution in [3.8, 4) is 11.3 Å². The van der Waals surface area contributed by atoms with Crippen molar-refractivity contribution in [3.05, 3.63) is 54.2 Å². The number of rotatable bonds is 10. The highest BCUT2D eigenvalue weighted by molar-refractivity contribution is 6.07. The average molecular weight is 562 g/mol. The van der Waals surface area contributed by atoms with Crippen LogP contribution in [0.5, 0.6) is 0 Å². The number of hydrogen-bond donors (Lipinski definition) is 4. The van der Waals surface area contributed by atoms with Crippen LogP contribution in [0.15, 0.2) is 48.7 Å². The molecule has 0 spiro atoms. The minimum atomic E-state index is -0.333. The van der Waals surface area contributed by atoms with Crippen LogP contribution in [0.2, 0.25) is 0 Å². The first-order valence-electron chi connectivity index (χ1n) is 14.6. The molecule has 2 aromatic heterocycles. The number of nitrogens with one attached hydrogen (secondary N) is 3. The molecule has 2 fully saturated rings. The Balaban J connectivity index is 1.13. The van der Waals surface area contributed by atoms with Crippen molar-refractivity contribution in [2.45, 2.75) is 44.6 Å². The van der Waals surface area contributed by atoms with Gasteiger partial charge < -0.3 is 30.5 Å². The Labute approximate surface area is 240 Å². The van der Waals surface area contributed by atoms with Gasteiger partial charge in [-0.3, -0.25) is 4.79 Å². The Kier molecular flexibility index (Phi) is 9.98. The van der Waals surface area contributed by atoms with E-state index in [0.717, 1.165) is 55.0 Å². The van der Waals surface area contributed by atoms with E-state index in [2.05, 4.69) is 20.9 Å². The molecule has 2 amide bonds. The third-order valence-corrected chi connectivity index (χ3v) is 7.93. The van der Waals surface area contributed by atoms with Crippen LogP contribution in [-0.2, 0) is 9.47 Å². The van der Waals surface area contributed by atoms with Gasteiger partial charge in [0.05, 0.1) is 36.6 Å². The molecule has 1 aliphatic carbocycles. The zero-order valence-corrected chi connectivity index (χ0v) is 23.3. The summed E-state index contributed by atoms with van der Waals surface area (Å²) in [4.78, 5) is 34.7. The summed E-state index contributed by atoms with van der Waals surface area (Å²) in [5.41, 5.74) is 2.83. The molecule has 1 aliphatic heterocycles. The third kappa shape index (κ3) is 7.92. The maximum absolute atomic E-state index is 13.4. The number of carbonyl (C=O) groups is 2. The van der Waals surface area contributed by atoms with Crippen LogP contribution >= 0.6 is 0 Å². The topological polar surface area (TPSA) is 135 Å². The van der Waals surface area contributed by atoms with Crippen LogP contribution in [0.4, 0.5) is 10.6 Å². The average Bonchev–Trinajstić information content (AvgIpc) is 3.02. The number of aliphatic hydroxyl groups is 1. The maximum Gasteiger partial charge on any atom is 0.407 e. The summed E-state index contributed by atoms with van der Waals surface area (Å²) in [6.07, 6.45) is 6.89. The first-order valence-corrected chi connectivity index (χ1v) is 14.6. The van der Waals surface area contributed by atoms with E-state index in [1.165, 1.54) is 0 Å². The van der Waals surface area contributed by atoms with Gasteiger partial charge in [0, 0.05) is 49.6 Å². The van der Waals surface area contributed by atoms with Gasteiger partial charge >= 0.3 is 6.09 Å². The number of anilines is 1. The van der Waals surface area contributed by atoms with Crippen LogP contribution in [0.1, 0.15) is 48.9 Å². The Bertz CT molecular complexity index is 1300. The lowest BCUT2D eigenvalue weighted by Crippen LogP contribution is -2.37. The molecule has 41 heavy (non-hydrogen) atoms. The molecule has 1 saturated heterocycles. The molecular formula is C31H39N5O5. The molecule has 0 unspecified atom stereocenters. The summed E-state index contributed by atoms with van der Waals surface area (Å²) in [6, 6.07) is 13.2. The summed E-state index contributed by atoms with van der Waals surface area (Å²) < 4.78 is 10.8. The summed E-state index contributed by atoms with van der Waals surface area (Å²) in [7, 11) is 0. The van der Waals surface area contributed by atoms with E-state index in [-0.39, 0.29) is 24.7 Å². The van der Waals surface area contributed by atoms with Crippen molar-refractivity contribution in [2.75, 3.05) is 44.8 Å². The van der Waals surface area contributed by atoms with E-state index in [9.17, 15) is 9.59 Å². The fourth-order valence-corrected chi connectivity index (χ4v) is 5.53. The third-order valence-electron chi connectivity index (χ3n) is 7.93. The zero-order chi connectivity index (χ0) is 28.4. The molecule has 4 N–H and O–H groups in total. The number of pyridine rings is 2. The zero-order valence-electron chi connectivity index (χ0n) is 23.3. The summed E-state index contributed by atoms with van der Waals surface area (Å²) in [6.45, 7) is 2.99. The number of fused-ring (bicyclic) bond motifs is 1. The van der Waals surface area contributed by atoms with Gasteiger partial charge in [0.2, 0.25) is 0 Å². The summed E-state index contributed by atoms with van der Waals surface area (Å²) in [5, 5.41) is 19.0. The van der Waals surface area contributed by atoms with Crippen LogP contribution in [0, 0.1) is 11.8 Å². The molecular weight excluding hydrogens is 522 g/mol. The van der Waals surface area contributed by atoms with Crippen LogP contribution in [-0.4, -0.2) is 72.6 Å². The van der Waals surface area contributed by atoms with E-state index in [1.807, 2.05) is 42.5 Å². The normalized spacial score (nSPS) is 19.4. The van der Waals surface area contributed by atoms with E-state index in [1.54, 1.807) is 6.20 Å². The number of ether oxygens (including phenoxy) is 2. The molecule has 0 bridgehead atoms. The number of amides is 2. The van der Waals surface area contributed by atoms with E-state index in [4.69, 9.17) is 19.6 Å². The van der Waals surface area contributed by atoms with Crippen molar-refractivity contribution in [1.29, 1.82) is 0 Å². The second kappa shape index (κ2) is 14.2. The maximum atomic E-state index is 13.4. The van der Waals surface area contributed by atoms with Crippen molar-refractivity contribution < 1.29 is 24.2 Å². The predicted molar refractivity (Wildman–Crippen MR) is 157 cm³/mol. The molecule has 0 radical (unpaired) electrons. The molecule has 2 aliphatic rings. The summed E-state index contributed by atoms with van der Waals surface area (Å²) in [5.74, 6) is 1.38. The number of hydrogen-bond acceptors (Lipinski definition) is 8. The first-order chi connectivity index (χ1) is 20.1. The lowest BCUT2D eigenvalue weighted by molar-refractivity contribution is 0.00123. The SMILES string of the molecule is O=C(NCC1CCC(CNC(=O)c2cc(-c3ccc(NCCO)nc3)nc3ccccc23)CC1)OC1CCOCC1. The predicted octanol–water partition coefficient (Wildman–Crippen LogP) is 4.14. The van der Waals surface area contributed by atoms with Crippen LogP contribution < -0.4 is 16.0 Å². The van der Waals surface area contributed by atoms with Crippen molar-refractivity contribution in [3.63, 3.8) is 0 Å². The number of benzene rings is 1. The fourth-order valence-electron chi connectivity index (χ4n) is 5.53. The second-order valence-electron chi connectivity index (χ2n) is 10.8. The van der Waals surface area contributed by atoms with Gasteiger partial charge in [-0.05, 0) is 61.8 Å². The van der Waals surface area contributed by atoms with Crippen LogP contribution in [0.3, 0.4) is 0 Å². The number of nitrogens with zero attached hydrogens (tertiary/aromatic N) is 2. The number of carbonyl (C=O) groups excluding carboxylic acids is 2. The minimum Gasteiger partial charge on any atom is -0.446 e. The van der Waals surface area contributed by atoms with Gasteiger partial charge in [-0.2, -0.15) is 0 Å². The fraction of sp³-hybridized carbons (Fsp3) is 0.484. The number of aromatic nitrogens is 2. The quantitative estimate of drug-likeness (QED) is 0.290. The standard InChI is InChI=1S/C31H39N5O5/c37-14-13-32-29-10-9-23(20-33-29)28-17-26(25-3-1-2-4-27(25)36-28)30(38)34-18-21-5-7-22(8-6-21)19-35-31(39)41-24-11-15-40-16-12-24/h1-4,9-10,17,20-22,24,37H,5-8,11-16,18-19H2,(H,32,33)(H,34,38)(H,35,39). The molecule has 1 aromatic carbocycles. The molecule has 10 nitrogen and oxygen atoms in total. The molecule has 0 atom stereocenters. The molecule has 10 heteroatoms. The molecule has 3 aromatic rings. The Morgan fingerprint density at radius 2 is 1.68 bits per heavy atom. The van der Waals surface area contributed by atoms with Crippen molar-refractivity contribution >= 4 is 28.7 Å².